The highest BCUT2D eigenvalue weighted by molar-refractivity contribution is 4.86. The lowest BCUT2D eigenvalue weighted by molar-refractivity contribution is -0.0230. The van der Waals surface area contributed by atoms with Crippen LogP contribution in [0.15, 0.2) is 0 Å². The Hall–Kier alpha value is -0.120. The average Bonchev–Trinajstić information content (AvgIpc) is 2.37. The maximum atomic E-state index is 5.78. The Morgan fingerprint density at radius 2 is 2.16 bits per heavy atom. The molecule has 1 N–H and O–H groups in total. The second-order valence-corrected chi connectivity index (χ2v) is 6.77. The van der Waals surface area contributed by atoms with E-state index >= 15 is 0 Å². The molecule has 0 aromatic heterocycles. The molecular weight excluding hydrogens is 236 g/mol. The number of rotatable bonds is 9. The van der Waals surface area contributed by atoms with E-state index in [1.54, 1.807) is 0 Å². The van der Waals surface area contributed by atoms with Crippen molar-refractivity contribution in [2.45, 2.75) is 46.5 Å². The summed E-state index contributed by atoms with van der Waals surface area (Å²) in [6.07, 6.45) is 5.09. The van der Waals surface area contributed by atoms with Gasteiger partial charge in [0.25, 0.3) is 0 Å². The Morgan fingerprint density at radius 1 is 1.37 bits per heavy atom. The molecule has 114 valence electrons. The van der Waals surface area contributed by atoms with Gasteiger partial charge < -0.3 is 15.0 Å². The summed E-state index contributed by atoms with van der Waals surface area (Å²) in [7, 11) is 2.26. The fourth-order valence-corrected chi connectivity index (χ4v) is 2.94. The van der Waals surface area contributed by atoms with E-state index in [9.17, 15) is 0 Å². The zero-order valence-electron chi connectivity index (χ0n) is 13.5. The van der Waals surface area contributed by atoms with E-state index in [-0.39, 0.29) is 0 Å². The molecule has 0 amide bonds. The van der Waals surface area contributed by atoms with Crippen LogP contribution in [0.25, 0.3) is 0 Å². The lowest BCUT2D eigenvalue weighted by atomic mass is 9.81. The molecule has 1 fully saturated rings. The number of hydrogen-bond donors (Lipinski definition) is 1. The molecule has 1 aliphatic heterocycles. The van der Waals surface area contributed by atoms with Crippen LogP contribution in [0.1, 0.15) is 46.5 Å². The first-order valence-corrected chi connectivity index (χ1v) is 8.05. The summed E-state index contributed by atoms with van der Waals surface area (Å²) in [6, 6.07) is 0. The number of unbranched alkanes of at least 4 members (excludes halogenated alkanes) is 1. The molecule has 0 spiro atoms. The maximum absolute atomic E-state index is 5.78. The van der Waals surface area contributed by atoms with Crippen LogP contribution in [0.4, 0.5) is 0 Å². The number of nitrogens with one attached hydrogen (secondary N) is 1. The molecule has 1 atom stereocenters. The maximum Gasteiger partial charge on any atom is 0.0546 e. The van der Waals surface area contributed by atoms with Gasteiger partial charge in [-0.2, -0.15) is 0 Å². The Balaban J connectivity index is 2.44. The summed E-state index contributed by atoms with van der Waals surface area (Å²) in [5, 5.41) is 3.65. The van der Waals surface area contributed by atoms with Crippen LogP contribution in [-0.4, -0.2) is 51.3 Å². The van der Waals surface area contributed by atoms with Gasteiger partial charge in [-0.1, -0.05) is 27.2 Å². The predicted octanol–water partition coefficient (Wildman–Crippen LogP) is 2.76. The minimum absolute atomic E-state index is 0.329. The highest BCUT2D eigenvalue weighted by Crippen LogP contribution is 2.29. The summed E-state index contributed by atoms with van der Waals surface area (Å²) < 4.78 is 5.78. The van der Waals surface area contributed by atoms with Crippen molar-refractivity contribution in [1.29, 1.82) is 0 Å². The Kier molecular flexibility index (Phi) is 7.96. The predicted molar refractivity (Wildman–Crippen MR) is 82.6 cm³/mol. The van der Waals surface area contributed by atoms with E-state index in [1.807, 2.05) is 0 Å². The van der Waals surface area contributed by atoms with Crippen molar-refractivity contribution in [3.63, 3.8) is 0 Å². The fourth-order valence-electron chi connectivity index (χ4n) is 2.94. The van der Waals surface area contributed by atoms with Crippen molar-refractivity contribution >= 4 is 0 Å². The first-order valence-electron chi connectivity index (χ1n) is 8.05. The number of ether oxygens (including phenoxy) is 1. The second kappa shape index (κ2) is 8.93. The molecule has 3 nitrogen and oxygen atoms in total. The third kappa shape index (κ3) is 6.73. The first-order chi connectivity index (χ1) is 9.08. The van der Waals surface area contributed by atoms with Gasteiger partial charge in [-0.05, 0) is 45.3 Å². The molecule has 1 rings (SSSR count). The smallest absolute Gasteiger partial charge is 0.0546 e. The Labute approximate surface area is 120 Å². The zero-order valence-corrected chi connectivity index (χ0v) is 13.5. The SMILES string of the molecule is CCCCN(C)CC1(CNCC(C)C)CCCOC1. The van der Waals surface area contributed by atoms with Gasteiger partial charge in [0.1, 0.15) is 0 Å². The van der Waals surface area contributed by atoms with Gasteiger partial charge >= 0.3 is 0 Å². The zero-order chi connectivity index (χ0) is 14.1. The molecule has 3 heteroatoms. The van der Waals surface area contributed by atoms with Crippen LogP contribution in [0, 0.1) is 11.3 Å². The lowest BCUT2D eigenvalue weighted by Crippen LogP contribution is -2.48. The van der Waals surface area contributed by atoms with E-state index in [2.05, 4.69) is 38.0 Å². The Bertz CT molecular complexity index is 225. The van der Waals surface area contributed by atoms with Gasteiger partial charge in [0.15, 0.2) is 0 Å². The highest BCUT2D eigenvalue weighted by atomic mass is 16.5. The van der Waals surface area contributed by atoms with Crippen LogP contribution in [0.2, 0.25) is 0 Å². The summed E-state index contributed by atoms with van der Waals surface area (Å²) in [5.41, 5.74) is 0.329. The van der Waals surface area contributed by atoms with Gasteiger partial charge in [-0.3, -0.25) is 0 Å². The van der Waals surface area contributed by atoms with E-state index < -0.39 is 0 Å². The minimum atomic E-state index is 0.329. The molecule has 0 bridgehead atoms. The quantitative estimate of drug-likeness (QED) is 0.697. The molecule has 0 saturated carbocycles. The average molecular weight is 270 g/mol. The normalized spacial score (nSPS) is 24.3. The van der Waals surface area contributed by atoms with Crippen LogP contribution >= 0.6 is 0 Å². The second-order valence-electron chi connectivity index (χ2n) is 6.77. The molecule has 1 unspecified atom stereocenters. The van der Waals surface area contributed by atoms with Gasteiger partial charge in [-0.15, -0.1) is 0 Å². The fraction of sp³-hybridized carbons (Fsp3) is 1.00. The first kappa shape index (κ1) is 16.9. The third-order valence-corrected chi connectivity index (χ3v) is 3.96. The summed E-state index contributed by atoms with van der Waals surface area (Å²) in [4.78, 5) is 2.50. The van der Waals surface area contributed by atoms with E-state index in [4.69, 9.17) is 4.74 Å². The minimum Gasteiger partial charge on any atom is -0.381 e. The standard InChI is InChI=1S/C16H34N2O/c1-5-6-9-18(4)13-16(8-7-10-19-14-16)12-17-11-15(2)3/h15,17H,5-14H2,1-4H3. The summed E-state index contributed by atoms with van der Waals surface area (Å²) in [6.45, 7) is 13.3. The van der Waals surface area contributed by atoms with Crippen molar-refractivity contribution in [3.8, 4) is 0 Å². The monoisotopic (exact) mass is 270 g/mol. The van der Waals surface area contributed by atoms with Crippen molar-refractivity contribution in [2.24, 2.45) is 11.3 Å². The topological polar surface area (TPSA) is 24.5 Å². The highest BCUT2D eigenvalue weighted by Gasteiger charge is 2.33. The Morgan fingerprint density at radius 3 is 2.74 bits per heavy atom. The molecule has 0 radical (unpaired) electrons. The summed E-state index contributed by atoms with van der Waals surface area (Å²) in [5.74, 6) is 0.722. The van der Waals surface area contributed by atoms with Crippen molar-refractivity contribution in [3.05, 3.63) is 0 Å². The molecule has 1 heterocycles. The number of hydrogen-bond acceptors (Lipinski definition) is 3. The lowest BCUT2D eigenvalue weighted by Gasteiger charge is -2.40. The molecule has 0 aromatic rings. The van der Waals surface area contributed by atoms with Crippen molar-refractivity contribution in [2.75, 3.05) is 46.4 Å². The van der Waals surface area contributed by atoms with Gasteiger partial charge in [0.05, 0.1) is 6.61 Å². The van der Waals surface area contributed by atoms with Crippen LogP contribution in [0.5, 0.6) is 0 Å². The van der Waals surface area contributed by atoms with Crippen LogP contribution in [0.3, 0.4) is 0 Å². The van der Waals surface area contributed by atoms with E-state index in [1.165, 1.54) is 32.2 Å². The third-order valence-electron chi connectivity index (χ3n) is 3.96. The molecule has 19 heavy (non-hydrogen) atoms. The summed E-state index contributed by atoms with van der Waals surface area (Å²) >= 11 is 0. The molecule has 1 aliphatic rings. The van der Waals surface area contributed by atoms with Gasteiger partial charge in [-0.25, -0.2) is 0 Å². The van der Waals surface area contributed by atoms with Crippen LogP contribution < -0.4 is 5.32 Å². The molecule has 1 saturated heterocycles. The number of nitrogens with zero attached hydrogens (tertiary/aromatic N) is 1. The molecule has 0 aromatic carbocycles. The van der Waals surface area contributed by atoms with E-state index in [0.717, 1.165) is 38.8 Å². The van der Waals surface area contributed by atoms with Gasteiger partial charge in [0, 0.05) is 25.1 Å². The van der Waals surface area contributed by atoms with Crippen molar-refractivity contribution < 1.29 is 4.74 Å². The molecular formula is C16H34N2O. The van der Waals surface area contributed by atoms with Crippen molar-refractivity contribution in [1.82, 2.24) is 10.2 Å². The van der Waals surface area contributed by atoms with Gasteiger partial charge in [0.2, 0.25) is 0 Å². The van der Waals surface area contributed by atoms with E-state index in [0.29, 0.717) is 5.41 Å². The molecule has 0 aliphatic carbocycles. The van der Waals surface area contributed by atoms with Crippen LogP contribution in [-0.2, 0) is 4.74 Å². The largest absolute Gasteiger partial charge is 0.381 e.